The summed E-state index contributed by atoms with van der Waals surface area (Å²) in [6.45, 7) is -0.410. The van der Waals surface area contributed by atoms with Crippen molar-refractivity contribution in [2.75, 3.05) is 0 Å². The zero-order valence-electron chi connectivity index (χ0n) is 11.2. The number of hydrogen-bond acceptors (Lipinski definition) is 1. The van der Waals surface area contributed by atoms with Gasteiger partial charge in [-0.3, -0.25) is 0 Å². The fourth-order valence-corrected chi connectivity index (χ4v) is 1.49. The molecule has 0 N–H and O–H groups in total. The Morgan fingerprint density at radius 1 is 0.773 bits per heavy atom. The van der Waals surface area contributed by atoms with E-state index in [1.165, 1.54) is 0 Å². The molecule has 0 radical (unpaired) electrons. The van der Waals surface area contributed by atoms with Crippen LogP contribution in [0.5, 0.6) is 0 Å². The van der Waals surface area contributed by atoms with Gasteiger partial charge in [0.1, 0.15) is 6.10 Å². The van der Waals surface area contributed by atoms with Gasteiger partial charge in [-0.15, -0.1) is 0 Å². The quantitative estimate of drug-likeness (QED) is 0.637. The van der Waals surface area contributed by atoms with Crippen LogP contribution in [-0.4, -0.2) is 42.1 Å². The molecular weight excluding hydrogens is 345 g/mol. The molecular formula is C10H11F11O. The molecule has 0 aliphatic heterocycles. The molecule has 3 unspecified atom stereocenters. The minimum atomic E-state index is -6.54. The van der Waals surface area contributed by atoms with Gasteiger partial charge in [0, 0.05) is 0 Å². The van der Waals surface area contributed by atoms with Crippen LogP contribution in [0.2, 0.25) is 0 Å². The SMILES string of the molecule is CC(OC(F)(F)C(F)(C(C)(C)F)C(F)(F)F)C(F)C(F)(F)F. The van der Waals surface area contributed by atoms with Gasteiger partial charge in [-0.1, -0.05) is 0 Å². The Bertz CT molecular complexity index is 364. The molecule has 0 saturated carbocycles. The Morgan fingerprint density at radius 3 is 1.36 bits per heavy atom. The lowest BCUT2D eigenvalue weighted by Crippen LogP contribution is -2.67. The predicted octanol–water partition coefficient (Wildman–Crippen LogP) is 4.90. The van der Waals surface area contributed by atoms with Crippen molar-refractivity contribution < 1.29 is 53.0 Å². The molecule has 0 aromatic carbocycles. The first kappa shape index (κ1) is 21.2. The van der Waals surface area contributed by atoms with E-state index in [0.29, 0.717) is 0 Å². The first-order chi connectivity index (χ1) is 9.29. The summed E-state index contributed by atoms with van der Waals surface area (Å²) in [5.41, 5.74) is -10.3. The minimum absolute atomic E-state index is 0.00803. The van der Waals surface area contributed by atoms with E-state index in [2.05, 4.69) is 4.74 Å². The van der Waals surface area contributed by atoms with Crippen molar-refractivity contribution in [3.63, 3.8) is 0 Å². The summed E-state index contributed by atoms with van der Waals surface area (Å²) < 4.78 is 143. The van der Waals surface area contributed by atoms with E-state index < -0.39 is 42.1 Å². The molecule has 12 heteroatoms. The monoisotopic (exact) mass is 356 g/mol. The third-order valence-electron chi connectivity index (χ3n) is 2.67. The first-order valence-corrected chi connectivity index (χ1v) is 5.50. The summed E-state index contributed by atoms with van der Waals surface area (Å²) in [6, 6.07) is 0. The molecule has 0 saturated heterocycles. The third kappa shape index (κ3) is 3.74. The van der Waals surface area contributed by atoms with Crippen molar-refractivity contribution in [2.24, 2.45) is 0 Å². The molecule has 0 spiro atoms. The maximum absolute atomic E-state index is 13.7. The molecule has 3 atom stereocenters. The minimum Gasteiger partial charge on any atom is -0.311 e. The van der Waals surface area contributed by atoms with E-state index in [1.54, 1.807) is 0 Å². The molecule has 0 fully saturated rings. The smallest absolute Gasteiger partial charge is 0.311 e. The number of alkyl halides is 11. The number of ether oxygens (including phenoxy) is 1. The van der Waals surface area contributed by atoms with Crippen LogP contribution in [-0.2, 0) is 4.74 Å². The Balaban J connectivity index is 5.69. The van der Waals surface area contributed by atoms with Crippen LogP contribution >= 0.6 is 0 Å². The van der Waals surface area contributed by atoms with Crippen LogP contribution in [0.25, 0.3) is 0 Å². The normalized spacial score (nSPS) is 20.5. The van der Waals surface area contributed by atoms with Gasteiger partial charge in [0.2, 0.25) is 6.17 Å². The number of halogens is 11. The van der Waals surface area contributed by atoms with Crippen LogP contribution in [0.15, 0.2) is 0 Å². The van der Waals surface area contributed by atoms with E-state index in [0.717, 1.165) is 0 Å². The second kappa shape index (κ2) is 5.68. The summed E-state index contributed by atoms with van der Waals surface area (Å²) in [5, 5.41) is 0. The van der Waals surface area contributed by atoms with Crippen molar-refractivity contribution in [1.29, 1.82) is 0 Å². The Morgan fingerprint density at radius 2 is 1.14 bits per heavy atom. The molecule has 0 bridgehead atoms. The maximum Gasteiger partial charge on any atom is 0.434 e. The average Bonchev–Trinajstić information content (AvgIpc) is 2.21. The summed E-state index contributed by atoms with van der Waals surface area (Å²) in [5.74, 6) is 0. The van der Waals surface area contributed by atoms with Gasteiger partial charge in [0.15, 0.2) is 5.67 Å². The van der Waals surface area contributed by atoms with Crippen molar-refractivity contribution in [3.05, 3.63) is 0 Å². The standard InChI is InChI=1S/C10H11F11O/c1-4(5(11)7(13,14)15)22-10(20,21)8(16,6(2,3)12)9(17,18)19/h4-5H,1-3H3. The lowest BCUT2D eigenvalue weighted by Gasteiger charge is -2.41. The van der Waals surface area contributed by atoms with Crippen LogP contribution < -0.4 is 0 Å². The lowest BCUT2D eigenvalue weighted by molar-refractivity contribution is -0.420. The fraction of sp³-hybridized carbons (Fsp3) is 1.00. The zero-order chi connectivity index (χ0) is 18.4. The topological polar surface area (TPSA) is 9.23 Å². The summed E-state index contributed by atoms with van der Waals surface area (Å²) >= 11 is 0. The van der Waals surface area contributed by atoms with E-state index in [-0.39, 0.29) is 20.8 Å². The van der Waals surface area contributed by atoms with Gasteiger partial charge in [-0.05, 0) is 20.8 Å². The van der Waals surface area contributed by atoms with E-state index in [1.807, 2.05) is 0 Å². The molecule has 0 heterocycles. The fourth-order valence-electron chi connectivity index (χ4n) is 1.49. The summed E-state index contributed by atoms with van der Waals surface area (Å²) in [4.78, 5) is 0. The summed E-state index contributed by atoms with van der Waals surface area (Å²) in [7, 11) is 0. The van der Waals surface area contributed by atoms with Crippen LogP contribution in [0.3, 0.4) is 0 Å². The Kier molecular flexibility index (Phi) is 5.47. The zero-order valence-corrected chi connectivity index (χ0v) is 11.2. The largest absolute Gasteiger partial charge is 0.434 e. The average molecular weight is 356 g/mol. The van der Waals surface area contributed by atoms with E-state index in [4.69, 9.17) is 0 Å². The lowest BCUT2D eigenvalue weighted by atomic mass is 9.87. The number of rotatable bonds is 5. The van der Waals surface area contributed by atoms with Gasteiger partial charge in [-0.2, -0.15) is 35.1 Å². The Labute approximate surface area is 117 Å². The van der Waals surface area contributed by atoms with Gasteiger partial charge < -0.3 is 4.74 Å². The van der Waals surface area contributed by atoms with Crippen molar-refractivity contribution in [1.82, 2.24) is 0 Å². The Hall–Kier alpha value is -0.810. The van der Waals surface area contributed by atoms with Crippen molar-refractivity contribution in [3.8, 4) is 0 Å². The van der Waals surface area contributed by atoms with E-state index >= 15 is 0 Å². The number of hydrogen-bond donors (Lipinski definition) is 0. The molecule has 22 heavy (non-hydrogen) atoms. The first-order valence-electron chi connectivity index (χ1n) is 5.50. The van der Waals surface area contributed by atoms with Crippen molar-refractivity contribution in [2.45, 2.75) is 62.8 Å². The van der Waals surface area contributed by atoms with Gasteiger partial charge in [0.25, 0.3) is 0 Å². The predicted molar refractivity (Wildman–Crippen MR) is 51.5 cm³/mol. The molecule has 0 aliphatic rings. The molecule has 0 aromatic heterocycles. The van der Waals surface area contributed by atoms with Crippen LogP contribution in [0, 0.1) is 0 Å². The highest BCUT2D eigenvalue weighted by atomic mass is 19.4. The highest BCUT2D eigenvalue weighted by Crippen LogP contribution is 2.54. The molecule has 0 aliphatic carbocycles. The summed E-state index contributed by atoms with van der Waals surface area (Å²) in [6.07, 6.45) is -25.7. The van der Waals surface area contributed by atoms with Crippen molar-refractivity contribution >= 4 is 0 Å². The second-order valence-corrected chi connectivity index (χ2v) is 4.91. The molecule has 0 amide bonds. The maximum atomic E-state index is 13.7. The van der Waals surface area contributed by atoms with Gasteiger partial charge >= 0.3 is 24.1 Å². The highest BCUT2D eigenvalue weighted by molar-refractivity contribution is 5.07. The molecule has 0 aromatic rings. The third-order valence-corrected chi connectivity index (χ3v) is 2.67. The van der Waals surface area contributed by atoms with Crippen LogP contribution in [0.4, 0.5) is 48.3 Å². The molecule has 1 nitrogen and oxygen atoms in total. The van der Waals surface area contributed by atoms with Crippen LogP contribution in [0.1, 0.15) is 20.8 Å². The molecule has 134 valence electrons. The van der Waals surface area contributed by atoms with E-state index in [9.17, 15) is 48.3 Å². The molecule has 0 rings (SSSR count). The van der Waals surface area contributed by atoms with Gasteiger partial charge in [0.05, 0.1) is 0 Å². The second-order valence-electron chi connectivity index (χ2n) is 4.91. The highest BCUT2D eigenvalue weighted by Gasteiger charge is 2.80. The van der Waals surface area contributed by atoms with Gasteiger partial charge in [-0.25, -0.2) is 13.2 Å².